The van der Waals surface area contributed by atoms with Gasteiger partial charge in [0.2, 0.25) is 0 Å². The second kappa shape index (κ2) is 8.54. The van der Waals surface area contributed by atoms with Gasteiger partial charge in [-0.1, -0.05) is 17.2 Å². The van der Waals surface area contributed by atoms with E-state index in [0.717, 1.165) is 25.8 Å². The summed E-state index contributed by atoms with van der Waals surface area (Å²) in [7, 11) is 0. The van der Waals surface area contributed by atoms with Gasteiger partial charge in [-0.3, -0.25) is 14.5 Å². The monoisotopic (exact) mass is 443 g/mol. The van der Waals surface area contributed by atoms with E-state index in [1.165, 1.54) is 0 Å². The van der Waals surface area contributed by atoms with Crippen molar-refractivity contribution in [1.29, 1.82) is 0 Å². The minimum Gasteiger partial charge on any atom is -0.444 e. The number of piperidine rings is 1. The van der Waals surface area contributed by atoms with Gasteiger partial charge in [0.05, 0.1) is 11.1 Å². The van der Waals surface area contributed by atoms with Gasteiger partial charge in [0, 0.05) is 19.1 Å². The van der Waals surface area contributed by atoms with Gasteiger partial charge in [0.1, 0.15) is 11.6 Å². The lowest BCUT2D eigenvalue weighted by atomic mass is 10.0. The first-order valence-corrected chi connectivity index (χ1v) is 11.1. The van der Waals surface area contributed by atoms with E-state index in [-0.39, 0.29) is 23.3 Å². The zero-order valence-electron chi connectivity index (χ0n) is 18.7. The molecule has 9 nitrogen and oxygen atoms in total. The number of carbonyl (C=O) groups excluding carboxylic acids is 4. The number of hydrogen-bond donors (Lipinski definition) is 0. The Hall–Kier alpha value is -2.94. The summed E-state index contributed by atoms with van der Waals surface area (Å²) < 4.78 is 5.45. The molecule has 2 saturated heterocycles. The second-order valence-corrected chi connectivity index (χ2v) is 9.46. The minimum atomic E-state index is -0.617. The van der Waals surface area contributed by atoms with Crippen LogP contribution in [0, 0.1) is 0 Å². The van der Waals surface area contributed by atoms with Crippen LogP contribution in [0.4, 0.5) is 4.79 Å². The molecule has 1 aromatic carbocycles. The van der Waals surface area contributed by atoms with Crippen LogP contribution in [0.3, 0.4) is 0 Å². The molecule has 1 atom stereocenters. The third-order valence-electron chi connectivity index (χ3n) is 6.09. The average molecular weight is 444 g/mol. The van der Waals surface area contributed by atoms with Gasteiger partial charge >= 0.3 is 12.1 Å². The summed E-state index contributed by atoms with van der Waals surface area (Å²) in [5, 5.41) is 0.578. The van der Waals surface area contributed by atoms with Crippen molar-refractivity contribution in [3.05, 3.63) is 35.4 Å². The summed E-state index contributed by atoms with van der Waals surface area (Å²) in [6, 6.07) is 6.02. The Morgan fingerprint density at radius 2 is 1.53 bits per heavy atom. The molecule has 3 amide bonds. The lowest BCUT2D eigenvalue weighted by molar-refractivity contribution is -0.175. The molecular formula is C23H29N3O6. The highest BCUT2D eigenvalue weighted by Crippen LogP contribution is 2.29. The van der Waals surface area contributed by atoms with Crippen LogP contribution in [-0.4, -0.2) is 76.1 Å². The summed E-state index contributed by atoms with van der Waals surface area (Å²) in [6.45, 7) is 7.36. The molecule has 0 aliphatic carbocycles. The smallest absolute Gasteiger partial charge is 0.410 e. The van der Waals surface area contributed by atoms with Gasteiger partial charge in [-0.25, -0.2) is 9.59 Å². The molecule has 9 heteroatoms. The number of rotatable bonds is 3. The Bertz CT molecular complexity index is 897. The van der Waals surface area contributed by atoms with Crippen molar-refractivity contribution < 1.29 is 28.8 Å². The first-order valence-electron chi connectivity index (χ1n) is 11.1. The number of amides is 3. The molecule has 1 unspecified atom stereocenters. The van der Waals surface area contributed by atoms with E-state index in [0.29, 0.717) is 24.6 Å². The van der Waals surface area contributed by atoms with E-state index >= 15 is 0 Å². The normalized spacial score (nSPS) is 22.3. The Balaban J connectivity index is 1.35. The van der Waals surface area contributed by atoms with Crippen LogP contribution in [-0.2, 0) is 14.4 Å². The molecular weight excluding hydrogens is 414 g/mol. The number of hydrogen-bond acceptors (Lipinski definition) is 7. The van der Waals surface area contributed by atoms with E-state index in [4.69, 9.17) is 9.57 Å². The molecule has 0 aromatic heterocycles. The molecule has 3 aliphatic heterocycles. The summed E-state index contributed by atoms with van der Waals surface area (Å²) >= 11 is 0. The Morgan fingerprint density at radius 3 is 2.09 bits per heavy atom. The number of hydroxylamine groups is 2. The number of imide groups is 1. The van der Waals surface area contributed by atoms with Gasteiger partial charge in [-0.15, -0.1) is 0 Å². The topological polar surface area (TPSA) is 96.5 Å². The molecule has 32 heavy (non-hydrogen) atoms. The van der Waals surface area contributed by atoms with E-state index in [1.54, 1.807) is 29.2 Å². The van der Waals surface area contributed by atoms with Crippen LogP contribution in [0.5, 0.6) is 0 Å². The quantitative estimate of drug-likeness (QED) is 0.663. The van der Waals surface area contributed by atoms with E-state index < -0.39 is 29.4 Å². The third-order valence-corrected chi connectivity index (χ3v) is 6.09. The van der Waals surface area contributed by atoms with Crippen molar-refractivity contribution in [2.24, 2.45) is 0 Å². The highest BCUT2D eigenvalue weighted by atomic mass is 16.7. The molecule has 0 radical (unpaired) electrons. The largest absolute Gasteiger partial charge is 0.444 e. The molecule has 0 spiro atoms. The number of likely N-dealkylation sites (tertiary alicyclic amines) is 2. The van der Waals surface area contributed by atoms with E-state index in [2.05, 4.69) is 4.90 Å². The van der Waals surface area contributed by atoms with Crippen molar-refractivity contribution in [2.75, 3.05) is 19.6 Å². The number of ether oxygens (including phenoxy) is 1. The summed E-state index contributed by atoms with van der Waals surface area (Å²) in [5.74, 6) is -1.82. The van der Waals surface area contributed by atoms with Gasteiger partial charge < -0.3 is 14.5 Å². The van der Waals surface area contributed by atoms with Crippen molar-refractivity contribution in [1.82, 2.24) is 14.9 Å². The molecule has 3 heterocycles. The molecule has 0 saturated carbocycles. The summed E-state index contributed by atoms with van der Waals surface area (Å²) in [6.07, 6.45) is 2.55. The standard InChI is InChI=1S/C23H29N3O6/c1-23(2,3)31-22(30)24-13-10-15(11-14-24)25-12-6-9-18(25)21(29)32-26-19(27)16-7-4-5-8-17(16)20(26)28/h4-5,7-8,15,18H,6,9-14H2,1-3H3. The summed E-state index contributed by atoms with van der Waals surface area (Å²) in [5.41, 5.74) is -0.0619. The second-order valence-electron chi connectivity index (χ2n) is 9.46. The molecule has 2 fully saturated rings. The minimum absolute atomic E-state index is 0.121. The maximum atomic E-state index is 12.9. The first kappa shape index (κ1) is 22.3. The molecule has 0 N–H and O–H groups in total. The van der Waals surface area contributed by atoms with E-state index in [1.807, 2.05) is 20.8 Å². The molecule has 1 aromatic rings. The fourth-order valence-corrected chi connectivity index (χ4v) is 4.59. The predicted octanol–water partition coefficient (Wildman–Crippen LogP) is 2.60. The zero-order chi connectivity index (χ0) is 23.0. The fraction of sp³-hybridized carbons (Fsp3) is 0.565. The van der Waals surface area contributed by atoms with Crippen molar-refractivity contribution >= 4 is 23.9 Å². The van der Waals surface area contributed by atoms with Crippen LogP contribution in [0.2, 0.25) is 0 Å². The van der Waals surface area contributed by atoms with Gasteiger partial charge in [0.15, 0.2) is 0 Å². The lowest BCUT2D eigenvalue weighted by Gasteiger charge is -2.39. The van der Waals surface area contributed by atoms with Gasteiger partial charge in [-0.2, -0.15) is 0 Å². The number of carbonyl (C=O) groups is 4. The Labute approximate surface area is 187 Å². The number of benzene rings is 1. The highest BCUT2D eigenvalue weighted by Gasteiger charge is 2.43. The number of nitrogens with zero attached hydrogens (tertiary/aromatic N) is 3. The van der Waals surface area contributed by atoms with Crippen molar-refractivity contribution in [2.45, 2.75) is 64.1 Å². The molecule has 4 rings (SSSR count). The summed E-state index contributed by atoms with van der Waals surface area (Å²) in [4.78, 5) is 59.3. The maximum absolute atomic E-state index is 12.9. The van der Waals surface area contributed by atoms with Crippen LogP contribution in [0.1, 0.15) is 67.2 Å². The Morgan fingerprint density at radius 1 is 0.938 bits per heavy atom. The fourth-order valence-electron chi connectivity index (χ4n) is 4.59. The van der Waals surface area contributed by atoms with Gasteiger partial charge in [0.25, 0.3) is 11.8 Å². The van der Waals surface area contributed by atoms with E-state index in [9.17, 15) is 19.2 Å². The third kappa shape index (κ3) is 4.34. The van der Waals surface area contributed by atoms with Crippen molar-refractivity contribution in [3.8, 4) is 0 Å². The zero-order valence-corrected chi connectivity index (χ0v) is 18.7. The van der Waals surface area contributed by atoms with Crippen LogP contribution in [0.25, 0.3) is 0 Å². The maximum Gasteiger partial charge on any atom is 0.410 e. The van der Waals surface area contributed by atoms with Gasteiger partial charge in [-0.05, 0) is 65.1 Å². The molecule has 172 valence electrons. The first-order chi connectivity index (χ1) is 15.2. The molecule has 3 aliphatic rings. The lowest BCUT2D eigenvalue weighted by Crippen LogP contribution is -2.51. The number of fused-ring (bicyclic) bond motifs is 1. The molecule has 0 bridgehead atoms. The van der Waals surface area contributed by atoms with Crippen LogP contribution >= 0.6 is 0 Å². The Kier molecular flexibility index (Phi) is 5.94. The SMILES string of the molecule is CC(C)(C)OC(=O)N1CCC(N2CCCC2C(=O)ON2C(=O)c3ccccc3C2=O)CC1. The van der Waals surface area contributed by atoms with Crippen LogP contribution in [0.15, 0.2) is 24.3 Å². The highest BCUT2D eigenvalue weighted by molar-refractivity contribution is 6.20. The predicted molar refractivity (Wildman–Crippen MR) is 114 cm³/mol. The van der Waals surface area contributed by atoms with Crippen molar-refractivity contribution in [3.63, 3.8) is 0 Å². The average Bonchev–Trinajstić information content (AvgIpc) is 3.33. The van der Waals surface area contributed by atoms with Crippen LogP contribution < -0.4 is 0 Å².